The molecular formula is C22H29N3O2S. The average molecular weight is 400 g/mol. The maximum Gasteiger partial charge on any atom is 0.270 e. The van der Waals surface area contributed by atoms with Crippen LogP contribution in [0.5, 0.6) is 0 Å². The summed E-state index contributed by atoms with van der Waals surface area (Å²) in [6, 6.07) is 4.16. The molecule has 0 bridgehead atoms. The second kappa shape index (κ2) is 8.11. The zero-order valence-corrected chi connectivity index (χ0v) is 17.6. The van der Waals surface area contributed by atoms with Gasteiger partial charge in [-0.15, -0.1) is 11.3 Å². The molecule has 2 amide bonds. The SMILES string of the molecule is C/C=C\Cn1c(C(=O)N2CCN(C(=O)C3CCCC3)[C@@H](C)C2)cc2ccsc21. The minimum atomic E-state index is 0.0749. The fourth-order valence-electron chi connectivity index (χ4n) is 4.58. The highest BCUT2D eigenvalue weighted by molar-refractivity contribution is 7.16. The van der Waals surface area contributed by atoms with Gasteiger partial charge in [0.05, 0.1) is 0 Å². The first kappa shape index (κ1) is 19.2. The van der Waals surface area contributed by atoms with Crippen LogP contribution in [0.2, 0.25) is 0 Å². The van der Waals surface area contributed by atoms with E-state index in [-0.39, 0.29) is 17.9 Å². The van der Waals surface area contributed by atoms with Crippen LogP contribution < -0.4 is 0 Å². The standard InChI is InChI=1S/C22H29N3O2S/c1-3-4-10-25-19(14-18-9-13-28-22(18)25)21(27)23-11-12-24(16(2)15-23)20(26)17-7-5-6-8-17/h3-4,9,13-14,16-17H,5-8,10-12,15H2,1-2H3/b4-3-/t16-/m0/s1. The average Bonchev–Trinajstić information content (AvgIpc) is 3.42. The number of thiophene rings is 1. The maximum atomic E-state index is 13.3. The topological polar surface area (TPSA) is 45.6 Å². The van der Waals surface area contributed by atoms with Crippen LogP contribution in [0, 0.1) is 5.92 Å². The quantitative estimate of drug-likeness (QED) is 0.725. The number of amides is 2. The van der Waals surface area contributed by atoms with E-state index in [1.807, 2.05) is 28.9 Å². The number of carbonyl (C=O) groups excluding carboxylic acids is 2. The van der Waals surface area contributed by atoms with Crippen LogP contribution >= 0.6 is 11.3 Å². The normalized spacial score (nSPS) is 21.3. The van der Waals surface area contributed by atoms with Crippen LogP contribution in [0.1, 0.15) is 50.0 Å². The van der Waals surface area contributed by atoms with Crippen LogP contribution in [0.25, 0.3) is 10.2 Å². The molecule has 1 saturated heterocycles. The van der Waals surface area contributed by atoms with Crippen molar-refractivity contribution in [3.8, 4) is 0 Å². The number of aromatic nitrogens is 1. The zero-order chi connectivity index (χ0) is 19.7. The maximum absolute atomic E-state index is 13.3. The Bertz CT molecular complexity index is 891. The summed E-state index contributed by atoms with van der Waals surface area (Å²) in [6.45, 7) is 6.65. The molecule has 1 atom stereocenters. The van der Waals surface area contributed by atoms with E-state index in [4.69, 9.17) is 0 Å². The Morgan fingerprint density at radius 3 is 2.75 bits per heavy atom. The third kappa shape index (κ3) is 3.50. The number of hydrogen-bond donors (Lipinski definition) is 0. The Hall–Kier alpha value is -2.08. The Morgan fingerprint density at radius 2 is 2.04 bits per heavy atom. The second-order valence-corrected chi connectivity index (χ2v) is 8.90. The van der Waals surface area contributed by atoms with Crippen molar-refractivity contribution in [1.29, 1.82) is 0 Å². The largest absolute Gasteiger partial charge is 0.336 e. The van der Waals surface area contributed by atoms with Gasteiger partial charge >= 0.3 is 0 Å². The first-order chi connectivity index (χ1) is 13.6. The van der Waals surface area contributed by atoms with E-state index >= 15 is 0 Å². The van der Waals surface area contributed by atoms with Gasteiger partial charge in [-0.2, -0.15) is 0 Å². The van der Waals surface area contributed by atoms with E-state index < -0.39 is 0 Å². The molecule has 0 spiro atoms. The molecule has 0 aromatic carbocycles. The van der Waals surface area contributed by atoms with Crippen molar-refractivity contribution in [1.82, 2.24) is 14.4 Å². The summed E-state index contributed by atoms with van der Waals surface area (Å²) >= 11 is 1.67. The third-order valence-electron chi connectivity index (χ3n) is 6.15. The van der Waals surface area contributed by atoms with Gasteiger partial charge in [-0.3, -0.25) is 9.59 Å². The van der Waals surface area contributed by atoms with Gasteiger partial charge in [0.2, 0.25) is 5.91 Å². The summed E-state index contributed by atoms with van der Waals surface area (Å²) in [5, 5.41) is 3.20. The Kier molecular flexibility index (Phi) is 5.58. The van der Waals surface area contributed by atoms with Crippen molar-refractivity contribution < 1.29 is 9.59 Å². The van der Waals surface area contributed by atoms with Crippen molar-refractivity contribution >= 4 is 33.4 Å². The van der Waals surface area contributed by atoms with Gasteiger partial charge in [0.25, 0.3) is 5.91 Å². The summed E-state index contributed by atoms with van der Waals surface area (Å²) in [4.78, 5) is 31.2. The van der Waals surface area contributed by atoms with Crippen molar-refractivity contribution in [3.05, 3.63) is 35.4 Å². The van der Waals surface area contributed by atoms with Crippen molar-refractivity contribution in [2.75, 3.05) is 19.6 Å². The number of nitrogens with zero attached hydrogens (tertiary/aromatic N) is 3. The highest BCUT2D eigenvalue weighted by Gasteiger charge is 2.35. The molecule has 5 nitrogen and oxygen atoms in total. The van der Waals surface area contributed by atoms with E-state index in [9.17, 15) is 9.59 Å². The zero-order valence-electron chi connectivity index (χ0n) is 16.8. The van der Waals surface area contributed by atoms with E-state index in [0.717, 1.165) is 28.8 Å². The molecule has 6 heteroatoms. The van der Waals surface area contributed by atoms with Gasteiger partial charge in [0.15, 0.2) is 0 Å². The first-order valence-corrected chi connectivity index (χ1v) is 11.3. The summed E-state index contributed by atoms with van der Waals surface area (Å²) < 4.78 is 2.11. The lowest BCUT2D eigenvalue weighted by atomic mass is 10.0. The minimum absolute atomic E-state index is 0.0749. The van der Waals surface area contributed by atoms with Gasteiger partial charge in [-0.1, -0.05) is 25.0 Å². The lowest BCUT2D eigenvalue weighted by Gasteiger charge is -2.41. The summed E-state index contributed by atoms with van der Waals surface area (Å²) in [7, 11) is 0. The monoisotopic (exact) mass is 399 g/mol. The number of fused-ring (bicyclic) bond motifs is 1. The lowest BCUT2D eigenvalue weighted by Crippen LogP contribution is -2.56. The molecule has 3 heterocycles. The molecule has 0 radical (unpaired) electrons. The van der Waals surface area contributed by atoms with Crippen LogP contribution in [0.15, 0.2) is 29.7 Å². The first-order valence-electron chi connectivity index (χ1n) is 10.4. The van der Waals surface area contributed by atoms with Crippen LogP contribution in [-0.4, -0.2) is 51.9 Å². The number of rotatable bonds is 4. The van der Waals surface area contributed by atoms with Crippen LogP contribution in [0.4, 0.5) is 0 Å². The molecule has 2 fully saturated rings. The molecule has 2 aromatic heterocycles. The lowest BCUT2D eigenvalue weighted by molar-refractivity contribution is -0.139. The van der Waals surface area contributed by atoms with Gasteiger partial charge in [0, 0.05) is 43.5 Å². The van der Waals surface area contributed by atoms with Gasteiger partial charge in [0.1, 0.15) is 10.5 Å². The van der Waals surface area contributed by atoms with Crippen molar-refractivity contribution in [3.63, 3.8) is 0 Å². The van der Waals surface area contributed by atoms with E-state index in [1.54, 1.807) is 11.3 Å². The fourth-order valence-corrected chi connectivity index (χ4v) is 5.49. The molecule has 1 aliphatic heterocycles. The number of carbonyl (C=O) groups is 2. The van der Waals surface area contributed by atoms with Crippen LogP contribution in [-0.2, 0) is 11.3 Å². The minimum Gasteiger partial charge on any atom is -0.336 e. The molecule has 150 valence electrons. The molecule has 28 heavy (non-hydrogen) atoms. The predicted molar refractivity (Wildman–Crippen MR) is 114 cm³/mol. The van der Waals surface area contributed by atoms with Crippen LogP contribution in [0.3, 0.4) is 0 Å². The Labute approximate surface area is 170 Å². The van der Waals surface area contributed by atoms with Gasteiger partial charge in [-0.25, -0.2) is 0 Å². The molecule has 1 saturated carbocycles. The molecule has 0 unspecified atom stereocenters. The molecular weight excluding hydrogens is 370 g/mol. The highest BCUT2D eigenvalue weighted by Crippen LogP contribution is 2.29. The Balaban J connectivity index is 1.50. The van der Waals surface area contributed by atoms with E-state index in [2.05, 4.69) is 29.0 Å². The third-order valence-corrected chi connectivity index (χ3v) is 7.10. The van der Waals surface area contributed by atoms with Crippen molar-refractivity contribution in [2.45, 2.75) is 52.1 Å². The highest BCUT2D eigenvalue weighted by atomic mass is 32.1. The summed E-state index contributed by atoms with van der Waals surface area (Å²) in [6.07, 6.45) is 8.49. The Morgan fingerprint density at radius 1 is 1.25 bits per heavy atom. The van der Waals surface area contributed by atoms with Gasteiger partial charge < -0.3 is 14.4 Å². The number of allylic oxidation sites excluding steroid dienone is 2. The molecule has 1 aliphatic carbocycles. The van der Waals surface area contributed by atoms with E-state index in [1.165, 1.54) is 12.8 Å². The fraction of sp³-hybridized carbons (Fsp3) is 0.545. The summed E-state index contributed by atoms with van der Waals surface area (Å²) in [5.74, 6) is 0.580. The number of hydrogen-bond acceptors (Lipinski definition) is 3. The molecule has 2 aromatic rings. The smallest absolute Gasteiger partial charge is 0.270 e. The predicted octanol–water partition coefficient (Wildman–Crippen LogP) is 4.14. The van der Waals surface area contributed by atoms with E-state index in [0.29, 0.717) is 32.1 Å². The summed E-state index contributed by atoms with van der Waals surface area (Å²) in [5.41, 5.74) is 0.753. The second-order valence-electron chi connectivity index (χ2n) is 8.00. The molecule has 4 rings (SSSR count). The van der Waals surface area contributed by atoms with Gasteiger partial charge in [-0.05, 0) is 44.2 Å². The van der Waals surface area contributed by atoms with Crippen molar-refractivity contribution in [2.24, 2.45) is 5.92 Å². The molecule has 2 aliphatic rings. The number of piperazine rings is 1. The molecule has 0 N–H and O–H groups in total.